The molecule has 0 bridgehead atoms. The Balaban J connectivity index is 0.00000220. The lowest BCUT2D eigenvalue weighted by molar-refractivity contribution is -0.122. The normalized spacial score (nSPS) is 15.3. The van der Waals surface area contributed by atoms with Gasteiger partial charge >= 0.3 is 0 Å². The van der Waals surface area contributed by atoms with Gasteiger partial charge in [-0.25, -0.2) is 0 Å². The monoisotopic (exact) mass is 349 g/mol. The van der Waals surface area contributed by atoms with Gasteiger partial charge in [-0.1, -0.05) is 11.6 Å². The summed E-state index contributed by atoms with van der Waals surface area (Å²) in [6.07, 6.45) is 0. The zero-order valence-corrected chi connectivity index (χ0v) is 14.2. The maximum Gasteiger partial charge on any atom is 0.234 e. The minimum Gasteiger partial charge on any atom is -0.354 e. The Morgan fingerprint density at radius 2 is 1.95 bits per heavy atom. The number of thioether (sulfide) groups is 1. The lowest BCUT2D eigenvalue weighted by atomic mass is 10.3. The van der Waals surface area contributed by atoms with Crippen LogP contribution < -0.4 is 10.6 Å². The third-order valence-corrected chi connectivity index (χ3v) is 4.35. The number of halogens is 2. The number of nitrogens with one attached hydrogen (secondary N) is 2. The fourth-order valence-corrected chi connectivity index (χ4v) is 2.91. The summed E-state index contributed by atoms with van der Waals surface area (Å²) in [5, 5.41) is 6.99. The van der Waals surface area contributed by atoms with E-state index in [0.29, 0.717) is 13.1 Å². The molecule has 1 aromatic rings. The summed E-state index contributed by atoms with van der Waals surface area (Å²) < 4.78 is 0. The van der Waals surface area contributed by atoms with Gasteiger partial charge in [0.25, 0.3) is 0 Å². The maximum atomic E-state index is 11.8. The van der Waals surface area contributed by atoms with Crippen molar-refractivity contribution in [2.45, 2.75) is 4.90 Å². The highest BCUT2D eigenvalue weighted by Crippen LogP contribution is 2.19. The maximum absolute atomic E-state index is 11.8. The molecule has 118 valence electrons. The quantitative estimate of drug-likeness (QED) is 0.607. The van der Waals surface area contributed by atoms with Gasteiger partial charge in [0.1, 0.15) is 0 Å². The van der Waals surface area contributed by atoms with E-state index in [1.54, 1.807) is 11.8 Å². The molecular formula is C14H21Cl2N3OS. The highest BCUT2D eigenvalue weighted by Gasteiger charge is 2.12. The molecule has 1 fully saturated rings. The third-order valence-electron chi connectivity index (χ3n) is 3.08. The van der Waals surface area contributed by atoms with Gasteiger partial charge in [0.05, 0.1) is 6.54 Å². The predicted molar refractivity (Wildman–Crippen MR) is 91.7 cm³/mol. The molecule has 0 saturated carbocycles. The molecule has 0 unspecified atom stereocenters. The van der Waals surface area contributed by atoms with Crippen LogP contribution in [-0.2, 0) is 4.79 Å². The first-order valence-electron chi connectivity index (χ1n) is 6.82. The van der Waals surface area contributed by atoms with Crippen molar-refractivity contribution in [3.05, 3.63) is 29.3 Å². The number of amides is 1. The molecule has 1 aliphatic heterocycles. The zero-order valence-electron chi connectivity index (χ0n) is 11.8. The Morgan fingerprint density at radius 1 is 1.29 bits per heavy atom. The Hall–Kier alpha value is -0.460. The smallest absolute Gasteiger partial charge is 0.234 e. The number of carbonyl (C=O) groups excluding carboxylic acids is 1. The fourth-order valence-electron chi connectivity index (χ4n) is 2.02. The van der Waals surface area contributed by atoms with Crippen molar-refractivity contribution >= 4 is 41.7 Å². The number of piperazine rings is 1. The van der Waals surface area contributed by atoms with E-state index >= 15 is 0 Å². The Morgan fingerprint density at radius 3 is 2.62 bits per heavy atom. The summed E-state index contributed by atoms with van der Waals surface area (Å²) in [7, 11) is 0. The molecule has 0 radical (unpaired) electrons. The molecule has 0 spiro atoms. The molecule has 0 aliphatic carbocycles. The van der Waals surface area contributed by atoms with E-state index in [9.17, 15) is 4.79 Å². The molecule has 1 heterocycles. The van der Waals surface area contributed by atoms with Crippen molar-refractivity contribution in [3.8, 4) is 0 Å². The number of nitrogens with zero attached hydrogens (tertiary/aromatic N) is 1. The van der Waals surface area contributed by atoms with Crippen LogP contribution in [0.1, 0.15) is 0 Å². The summed E-state index contributed by atoms with van der Waals surface area (Å²) in [5.74, 6) is 0.984. The average molecular weight is 350 g/mol. The number of benzene rings is 1. The number of hydrogen-bond donors (Lipinski definition) is 2. The largest absolute Gasteiger partial charge is 0.354 e. The van der Waals surface area contributed by atoms with Crippen LogP contribution in [0.3, 0.4) is 0 Å². The first kappa shape index (κ1) is 18.6. The van der Waals surface area contributed by atoms with E-state index in [4.69, 9.17) is 11.6 Å². The van der Waals surface area contributed by atoms with E-state index in [1.165, 1.54) is 4.90 Å². The van der Waals surface area contributed by atoms with E-state index in [0.717, 1.165) is 37.0 Å². The van der Waals surface area contributed by atoms with Crippen molar-refractivity contribution in [3.63, 3.8) is 0 Å². The lowest BCUT2D eigenvalue weighted by Crippen LogP contribution is -2.47. The summed E-state index contributed by atoms with van der Waals surface area (Å²) in [6, 6.07) is 7.75. The van der Waals surface area contributed by atoms with Gasteiger partial charge < -0.3 is 10.6 Å². The average Bonchev–Trinajstić information content (AvgIpc) is 2.46. The van der Waals surface area contributed by atoms with Crippen LogP contribution in [0.15, 0.2) is 29.2 Å². The van der Waals surface area contributed by atoms with Gasteiger partial charge in [0, 0.05) is 48.4 Å². The Labute approximate surface area is 141 Å². The molecule has 4 nitrogen and oxygen atoms in total. The van der Waals surface area contributed by atoms with Gasteiger partial charge in [-0.2, -0.15) is 0 Å². The van der Waals surface area contributed by atoms with Gasteiger partial charge in [-0.15, -0.1) is 24.2 Å². The standard InChI is InChI=1S/C14H20ClN3OS.ClH/c15-12-1-3-13(4-2-12)20-10-7-17-14(19)11-18-8-5-16-6-9-18;/h1-4,16H,5-11H2,(H,17,19);1H. The molecule has 7 heteroatoms. The fraction of sp³-hybridized carbons (Fsp3) is 0.500. The summed E-state index contributed by atoms with van der Waals surface area (Å²) in [5.41, 5.74) is 0. The zero-order chi connectivity index (χ0) is 14.2. The topological polar surface area (TPSA) is 44.4 Å². The first-order valence-corrected chi connectivity index (χ1v) is 8.18. The van der Waals surface area contributed by atoms with E-state index in [1.807, 2.05) is 24.3 Å². The van der Waals surface area contributed by atoms with Gasteiger partial charge in [-0.3, -0.25) is 9.69 Å². The molecule has 1 aromatic carbocycles. The molecule has 1 amide bonds. The second-order valence-electron chi connectivity index (χ2n) is 4.68. The molecule has 1 aliphatic rings. The van der Waals surface area contributed by atoms with Crippen LogP contribution in [0.2, 0.25) is 5.02 Å². The number of hydrogen-bond acceptors (Lipinski definition) is 4. The van der Waals surface area contributed by atoms with Crippen LogP contribution in [0.25, 0.3) is 0 Å². The molecule has 2 rings (SSSR count). The first-order chi connectivity index (χ1) is 9.74. The summed E-state index contributed by atoms with van der Waals surface area (Å²) >= 11 is 7.55. The summed E-state index contributed by atoms with van der Waals surface area (Å²) in [4.78, 5) is 15.1. The minimum atomic E-state index is 0. The van der Waals surface area contributed by atoms with E-state index in [-0.39, 0.29) is 18.3 Å². The van der Waals surface area contributed by atoms with Gasteiger partial charge in [-0.05, 0) is 24.3 Å². The predicted octanol–water partition coefficient (Wildman–Crippen LogP) is 1.88. The van der Waals surface area contributed by atoms with E-state index in [2.05, 4.69) is 15.5 Å². The Kier molecular flexibility index (Phi) is 9.11. The molecule has 1 saturated heterocycles. The van der Waals surface area contributed by atoms with Crippen LogP contribution in [0.4, 0.5) is 0 Å². The van der Waals surface area contributed by atoms with Crippen molar-refractivity contribution < 1.29 is 4.79 Å². The molecule has 0 aromatic heterocycles. The van der Waals surface area contributed by atoms with Crippen molar-refractivity contribution in [2.24, 2.45) is 0 Å². The van der Waals surface area contributed by atoms with Crippen LogP contribution in [0.5, 0.6) is 0 Å². The van der Waals surface area contributed by atoms with Gasteiger partial charge in [0.15, 0.2) is 0 Å². The molecule has 21 heavy (non-hydrogen) atoms. The van der Waals surface area contributed by atoms with Crippen molar-refractivity contribution in [2.75, 3.05) is 45.0 Å². The third kappa shape index (κ3) is 7.38. The molecular weight excluding hydrogens is 329 g/mol. The lowest BCUT2D eigenvalue weighted by Gasteiger charge is -2.26. The highest BCUT2D eigenvalue weighted by atomic mass is 35.5. The van der Waals surface area contributed by atoms with Crippen LogP contribution in [-0.4, -0.2) is 55.8 Å². The molecule has 2 N–H and O–H groups in total. The van der Waals surface area contributed by atoms with Crippen LogP contribution in [0, 0.1) is 0 Å². The highest BCUT2D eigenvalue weighted by molar-refractivity contribution is 7.99. The summed E-state index contributed by atoms with van der Waals surface area (Å²) in [6.45, 7) is 5.05. The second-order valence-corrected chi connectivity index (χ2v) is 6.28. The van der Waals surface area contributed by atoms with Crippen molar-refractivity contribution in [1.29, 1.82) is 0 Å². The van der Waals surface area contributed by atoms with Crippen molar-refractivity contribution in [1.82, 2.24) is 15.5 Å². The molecule has 0 atom stereocenters. The van der Waals surface area contributed by atoms with E-state index < -0.39 is 0 Å². The second kappa shape index (κ2) is 10.3. The number of carbonyl (C=O) groups is 1. The Bertz CT molecular complexity index is 425. The minimum absolute atomic E-state index is 0. The van der Waals surface area contributed by atoms with Crippen LogP contribution >= 0.6 is 35.8 Å². The SMILES string of the molecule is Cl.O=C(CN1CCNCC1)NCCSc1ccc(Cl)cc1. The van der Waals surface area contributed by atoms with Gasteiger partial charge in [0.2, 0.25) is 5.91 Å². The number of rotatable bonds is 6.